The van der Waals surface area contributed by atoms with Crippen LogP contribution in [0.4, 0.5) is 5.00 Å². The Morgan fingerprint density at radius 3 is 2.59 bits per heavy atom. The van der Waals surface area contributed by atoms with Crippen molar-refractivity contribution in [3.8, 4) is 0 Å². The van der Waals surface area contributed by atoms with E-state index in [0.717, 1.165) is 54.7 Å². The van der Waals surface area contributed by atoms with Gasteiger partial charge >= 0.3 is 11.9 Å². The average Bonchev–Trinajstić information content (AvgIpc) is 2.66. The maximum Gasteiger partial charge on any atom is 0.341 e. The summed E-state index contributed by atoms with van der Waals surface area (Å²) in [7, 11) is 1.30. The summed E-state index contributed by atoms with van der Waals surface area (Å²) in [5, 5.41) is 11.6. The van der Waals surface area contributed by atoms with E-state index >= 15 is 0 Å². The molecule has 1 heterocycles. The summed E-state index contributed by atoms with van der Waals surface area (Å²) in [6.45, 7) is 0. The number of hydrogen-bond acceptors (Lipinski definition) is 5. The van der Waals surface area contributed by atoms with E-state index in [1.807, 2.05) is 0 Å². The molecular weight excluding hydrogens is 306 g/mol. The van der Waals surface area contributed by atoms with Crippen LogP contribution in [-0.4, -0.2) is 30.1 Å². The van der Waals surface area contributed by atoms with Crippen molar-refractivity contribution in [2.24, 2.45) is 0 Å². The lowest BCUT2D eigenvalue weighted by Crippen LogP contribution is -2.12. The molecule has 0 aromatic carbocycles. The smallest absolute Gasteiger partial charge is 0.341 e. The first kappa shape index (κ1) is 16.2. The van der Waals surface area contributed by atoms with E-state index in [1.54, 1.807) is 0 Å². The summed E-state index contributed by atoms with van der Waals surface area (Å²) in [5.74, 6) is -2.26. The van der Waals surface area contributed by atoms with E-state index in [-0.39, 0.29) is 0 Å². The molecule has 0 atom stereocenters. The summed E-state index contributed by atoms with van der Waals surface area (Å²) in [5.41, 5.74) is 1.35. The number of fused-ring (bicyclic) bond motifs is 1. The standard InChI is InChI=1S/C15H17NO5S/c1-21-15(20)13-9-5-3-2-4-6-10(9)22-14(13)16-11(17)7-8-12(18)19/h7-8H,2-6H2,1H3,(H,16,17)(H,18,19)/b8-7-. The highest BCUT2D eigenvalue weighted by molar-refractivity contribution is 7.17. The topological polar surface area (TPSA) is 92.7 Å². The van der Waals surface area contributed by atoms with Crippen LogP contribution in [-0.2, 0) is 27.2 Å². The molecule has 0 bridgehead atoms. The van der Waals surface area contributed by atoms with Crippen molar-refractivity contribution >= 4 is 34.2 Å². The van der Waals surface area contributed by atoms with Gasteiger partial charge in [0.2, 0.25) is 5.91 Å². The number of nitrogens with one attached hydrogen (secondary N) is 1. The number of ether oxygens (including phenoxy) is 1. The number of carbonyl (C=O) groups is 3. The lowest BCUT2D eigenvalue weighted by Gasteiger charge is -2.05. The molecule has 1 aliphatic rings. The zero-order valence-corrected chi connectivity index (χ0v) is 13.0. The number of anilines is 1. The molecule has 1 aromatic heterocycles. The molecule has 22 heavy (non-hydrogen) atoms. The van der Waals surface area contributed by atoms with Crippen LogP contribution in [0.3, 0.4) is 0 Å². The van der Waals surface area contributed by atoms with Crippen molar-refractivity contribution in [2.45, 2.75) is 32.1 Å². The molecule has 0 spiro atoms. The fourth-order valence-electron chi connectivity index (χ4n) is 2.45. The Balaban J connectivity index is 2.32. The lowest BCUT2D eigenvalue weighted by atomic mass is 10.1. The summed E-state index contributed by atoms with van der Waals surface area (Å²) in [6, 6.07) is 0. The van der Waals surface area contributed by atoms with Gasteiger partial charge in [0, 0.05) is 17.0 Å². The van der Waals surface area contributed by atoms with Gasteiger partial charge in [0.1, 0.15) is 5.00 Å². The van der Waals surface area contributed by atoms with Gasteiger partial charge in [-0.2, -0.15) is 0 Å². The summed E-state index contributed by atoms with van der Waals surface area (Å²) < 4.78 is 4.83. The van der Waals surface area contributed by atoms with E-state index in [4.69, 9.17) is 9.84 Å². The second-order valence-corrected chi connectivity index (χ2v) is 6.03. The fraction of sp³-hybridized carbons (Fsp3) is 0.400. The third-order valence-corrected chi connectivity index (χ3v) is 4.63. The minimum absolute atomic E-state index is 0.404. The van der Waals surface area contributed by atoms with Crippen LogP contribution >= 0.6 is 11.3 Å². The van der Waals surface area contributed by atoms with E-state index in [2.05, 4.69) is 5.32 Å². The zero-order valence-electron chi connectivity index (χ0n) is 12.2. The lowest BCUT2D eigenvalue weighted by molar-refractivity contribution is -0.131. The minimum Gasteiger partial charge on any atom is -0.478 e. The predicted octanol–water partition coefficient (Wildman–Crippen LogP) is 2.38. The van der Waals surface area contributed by atoms with Crippen LogP contribution < -0.4 is 5.32 Å². The Labute approximate surface area is 131 Å². The molecule has 0 aliphatic heterocycles. The number of thiophene rings is 1. The number of carboxylic acids is 1. The Bertz CT molecular complexity index is 632. The Kier molecular flexibility index (Phi) is 5.32. The molecule has 0 radical (unpaired) electrons. The van der Waals surface area contributed by atoms with Crippen LogP contribution in [0.1, 0.15) is 40.1 Å². The highest BCUT2D eigenvalue weighted by atomic mass is 32.1. The maximum atomic E-state index is 12.0. The molecule has 2 N–H and O–H groups in total. The number of amides is 1. The molecule has 1 aromatic rings. The van der Waals surface area contributed by atoms with Gasteiger partial charge in [0.25, 0.3) is 0 Å². The van der Waals surface area contributed by atoms with E-state index in [0.29, 0.717) is 10.6 Å². The summed E-state index contributed by atoms with van der Waals surface area (Å²) >= 11 is 1.37. The quantitative estimate of drug-likeness (QED) is 0.504. The van der Waals surface area contributed by atoms with E-state index in [1.165, 1.54) is 18.4 Å². The van der Waals surface area contributed by atoms with Crippen LogP contribution in [0.25, 0.3) is 0 Å². The van der Waals surface area contributed by atoms with Crippen LogP contribution in [0.15, 0.2) is 12.2 Å². The third-order valence-electron chi connectivity index (χ3n) is 3.42. The van der Waals surface area contributed by atoms with Crippen molar-refractivity contribution in [1.29, 1.82) is 0 Å². The van der Waals surface area contributed by atoms with E-state index < -0.39 is 17.8 Å². The number of hydrogen-bond donors (Lipinski definition) is 2. The molecule has 6 nitrogen and oxygen atoms in total. The second kappa shape index (κ2) is 7.22. The number of rotatable bonds is 4. The van der Waals surface area contributed by atoms with Gasteiger partial charge in [0.15, 0.2) is 0 Å². The molecular formula is C15H17NO5S. The molecule has 1 amide bonds. The normalized spacial score (nSPS) is 14.2. The fourth-order valence-corrected chi connectivity index (χ4v) is 3.73. The number of carbonyl (C=O) groups excluding carboxylic acids is 2. The molecule has 118 valence electrons. The highest BCUT2D eigenvalue weighted by Crippen LogP contribution is 2.37. The highest BCUT2D eigenvalue weighted by Gasteiger charge is 2.25. The molecule has 1 aliphatic carbocycles. The average molecular weight is 323 g/mol. The number of carboxylic acid groups (broad SMARTS) is 1. The largest absolute Gasteiger partial charge is 0.478 e. The van der Waals surface area contributed by atoms with Gasteiger partial charge in [-0.25, -0.2) is 9.59 Å². The van der Waals surface area contributed by atoms with Gasteiger partial charge in [-0.3, -0.25) is 4.79 Å². The van der Waals surface area contributed by atoms with Crippen molar-refractivity contribution in [1.82, 2.24) is 0 Å². The second-order valence-electron chi connectivity index (χ2n) is 4.92. The molecule has 2 rings (SSSR count). The molecule has 0 saturated heterocycles. The monoisotopic (exact) mass is 323 g/mol. The number of aryl methyl sites for hydroxylation is 1. The molecule has 7 heteroatoms. The molecule has 0 unspecified atom stereocenters. The van der Waals surface area contributed by atoms with Crippen molar-refractivity contribution in [3.05, 3.63) is 28.2 Å². The van der Waals surface area contributed by atoms with Crippen molar-refractivity contribution < 1.29 is 24.2 Å². The van der Waals surface area contributed by atoms with Crippen LogP contribution in [0.2, 0.25) is 0 Å². The van der Waals surface area contributed by atoms with Gasteiger partial charge < -0.3 is 15.2 Å². The molecule has 0 fully saturated rings. The van der Waals surface area contributed by atoms with Crippen molar-refractivity contribution in [2.75, 3.05) is 12.4 Å². The Hall–Kier alpha value is -2.15. The number of aliphatic carboxylic acids is 1. The van der Waals surface area contributed by atoms with Gasteiger partial charge in [-0.1, -0.05) is 6.42 Å². The number of esters is 1. The number of methoxy groups -OCH3 is 1. The van der Waals surface area contributed by atoms with E-state index in [9.17, 15) is 14.4 Å². The van der Waals surface area contributed by atoms with Crippen LogP contribution in [0.5, 0.6) is 0 Å². The Morgan fingerprint density at radius 1 is 1.18 bits per heavy atom. The maximum absolute atomic E-state index is 12.0. The zero-order chi connectivity index (χ0) is 16.1. The first-order valence-corrected chi connectivity index (χ1v) is 7.79. The van der Waals surface area contributed by atoms with Crippen LogP contribution in [0, 0.1) is 0 Å². The van der Waals surface area contributed by atoms with Gasteiger partial charge in [-0.15, -0.1) is 11.3 Å². The van der Waals surface area contributed by atoms with Gasteiger partial charge in [0.05, 0.1) is 12.7 Å². The summed E-state index contributed by atoms with van der Waals surface area (Å²) in [6.07, 6.45) is 6.52. The van der Waals surface area contributed by atoms with Gasteiger partial charge in [-0.05, 0) is 31.2 Å². The predicted molar refractivity (Wildman–Crippen MR) is 82.3 cm³/mol. The SMILES string of the molecule is COC(=O)c1c(NC(=O)/C=C\C(=O)O)sc2c1CCCCC2. The first-order chi connectivity index (χ1) is 10.5. The Morgan fingerprint density at radius 2 is 1.91 bits per heavy atom. The third kappa shape index (κ3) is 3.73. The summed E-state index contributed by atoms with van der Waals surface area (Å²) in [4.78, 5) is 35.3. The minimum atomic E-state index is -1.20. The first-order valence-electron chi connectivity index (χ1n) is 6.97. The molecule has 0 saturated carbocycles. The van der Waals surface area contributed by atoms with Crippen molar-refractivity contribution in [3.63, 3.8) is 0 Å².